The normalized spacial score (nSPS) is 18.6. The van der Waals surface area contributed by atoms with Crippen LogP contribution in [0.2, 0.25) is 0 Å². The Bertz CT molecular complexity index is 2690. The van der Waals surface area contributed by atoms with Gasteiger partial charge in [-0.1, -0.05) is 121 Å². The lowest BCUT2D eigenvalue weighted by Gasteiger charge is -2.43. The molecule has 1 atom stereocenters. The third-order valence-electron chi connectivity index (χ3n) is 11.6. The Morgan fingerprint density at radius 2 is 1.08 bits per heavy atom. The average molecular weight is 654 g/mol. The van der Waals surface area contributed by atoms with Gasteiger partial charge in [-0.3, -0.25) is 0 Å². The highest BCUT2D eigenvalue weighted by Gasteiger charge is 2.52. The Kier molecular flexibility index (Phi) is 6.15. The first-order valence-electron chi connectivity index (χ1n) is 18.2. The van der Waals surface area contributed by atoms with Crippen molar-refractivity contribution in [1.29, 1.82) is 0 Å². The lowest BCUT2D eigenvalue weighted by atomic mass is 9.62. The van der Waals surface area contributed by atoms with Crippen LogP contribution in [0.5, 0.6) is 0 Å². The van der Waals surface area contributed by atoms with E-state index in [9.17, 15) is 0 Å². The minimum absolute atomic E-state index is 0.352. The summed E-state index contributed by atoms with van der Waals surface area (Å²) in [5.41, 5.74) is 11.1. The maximum Gasteiger partial charge on any atom is 0.127 e. The third-order valence-corrected chi connectivity index (χ3v) is 11.6. The van der Waals surface area contributed by atoms with Crippen molar-refractivity contribution in [1.82, 2.24) is 0 Å². The Hall–Kier alpha value is -6.12. The number of para-hydroxylation sites is 1. The molecule has 1 spiro atoms. The maximum absolute atomic E-state index is 6.69. The largest absolute Gasteiger partial charge is 0.461 e. The van der Waals surface area contributed by atoms with Crippen molar-refractivity contribution in [2.75, 3.05) is 4.90 Å². The van der Waals surface area contributed by atoms with E-state index in [1.165, 1.54) is 65.7 Å². The van der Waals surface area contributed by atoms with E-state index in [-0.39, 0.29) is 5.41 Å². The summed E-state index contributed by atoms with van der Waals surface area (Å²) >= 11 is 0. The van der Waals surface area contributed by atoms with E-state index in [0.717, 1.165) is 54.3 Å². The van der Waals surface area contributed by atoms with Crippen LogP contribution < -0.4 is 4.90 Å². The van der Waals surface area contributed by atoms with E-state index in [4.69, 9.17) is 4.74 Å². The molecule has 2 nitrogen and oxygen atoms in total. The first-order chi connectivity index (χ1) is 25.3. The summed E-state index contributed by atoms with van der Waals surface area (Å²) in [6, 6.07) is 51.8. The van der Waals surface area contributed by atoms with Crippen LogP contribution in [0.15, 0.2) is 186 Å². The smallest absolute Gasteiger partial charge is 0.127 e. The van der Waals surface area contributed by atoms with E-state index in [0.29, 0.717) is 0 Å². The molecule has 0 radical (unpaired) electrons. The summed E-state index contributed by atoms with van der Waals surface area (Å²) in [6.07, 6.45) is 13.2. The number of benzene rings is 7. The number of hydrogen-bond donors (Lipinski definition) is 0. The first kappa shape index (κ1) is 28.7. The molecule has 1 aliphatic heterocycles. The topological polar surface area (TPSA) is 12.5 Å². The lowest BCUT2D eigenvalue weighted by molar-refractivity contribution is 0.267. The Morgan fingerprint density at radius 3 is 1.88 bits per heavy atom. The van der Waals surface area contributed by atoms with Gasteiger partial charge in [-0.15, -0.1) is 0 Å². The quantitative estimate of drug-likeness (QED) is 0.176. The summed E-state index contributed by atoms with van der Waals surface area (Å²) in [7, 11) is 0. The fraction of sp³-hybridized carbons (Fsp3) is 0.102. The molecule has 7 aromatic carbocycles. The zero-order valence-corrected chi connectivity index (χ0v) is 28.3. The van der Waals surface area contributed by atoms with Crippen LogP contribution in [0.3, 0.4) is 0 Å². The molecule has 2 heteroatoms. The summed E-state index contributed by atoms with van der Waals surface area (Å²) in [4.78, 5) is 2.43. The molecule has 1 unspecified atom stereocenters. The third kappa shape index (κ3) is 3.99. The van der Waals surface area contributed by atoms with E-state index in [1.807, 2.05) is 0 Å². The van der Waals surface area contributed by atoms with E-state index in [2.05, 4.69) is 169 Å². The molecule has 0 saturated carbocycles. The van der Waals surface area contributed by atoms with Crippen LogP contribution in [0.1, 0.15) is 36.8 Å². The highest BCUT2D eigenvalue weighted by molar-refractivity contribution is 6.25. The van der Waals surface area contributed by atoms with Crippen molar-refractivity contribution < 1.29 is 4.74 Å². The van der Waals surface area contributed by atoms with Gasteiger partial charge in [0, 0.05) is 29.1 Å². The van der Waals surface area contributed by atoms with Crippen molar-refractivity contribution >= 4 is 49.4 Å². The van der Waals surface area contributed by atoms with Gasteiger partial charge in [-0.05, 0) is 122 Å². The Labute approximate surface area is 297 Å². The molecule has 1 heterocycles. The van der Waals surface area contributed by atoms with Crippen molar-refractivity contribution in [3.63, 3.8) is 0 Å². The standard InChI is InChI=1S/C49H35NO/c1-2-14-32(15-3-1)50(33-26-28-39-37-18-5-4-16-35(37)36-17-6-7-19-38(36)41(39)30-33)34-27-29-44-42(31-34)40-20-8-9-21-43(40)49(44)45-22-10-12-24-47(45)51-48-25-13-11-23-46(48)49/h1-10,13-22,25-31H,11-12,23-24H2. The number of fused-ring (bicyclic) bond motifs is 13. The van der Waals surface area contributed by atoms with E-state index < -0.39 is 0 Å². The van der Waals surface area contributed by atoms with E-state index >= 15 is 0 Å². The summed E-state index contributed by atoms with van der Waals surface area (Å²) in [5, 5.41) is 7.70. The van der Waals surface area contributed by atoms with Crippen LogP contribution in [-0.4, -0.2) is 0 Å². The van der Waals surface area contributed by atoms with Crippen LogP contribution in [0, 0.1) is 0 Å². The van der Waals surface area contributed by atoms with E-state index in [1.54, 1.807) is 0 Å². The number of nitrogens with zero attached hydrogens (tertiary/aromatic N) is 1. The SMILES string of the molecule is C1=CC2=C(CC1)OC1=C(CCC=C1)C21c2ccccc2-c2cc(N(c3ccccc3)c3ccc4c5ccccc5c5ccccc5c4c3)ccc21. The summed E-state index contributed by atoms with van der Waals surface area (Å²) in [6.45, 7) is 0. The van der Waals surface area contributed by atoms with Gasteiger partial charge in [0.05, 0.1) is 5.41 Å². The predicted octanol–water partition coefficient (Wildman–Crippen LogP) is 13.1. The minimum Gasteiger partial charge on any atom is -0.461 e. The second-order valence-corrected chi connectivity index (χ2v) is 14.2. The van der Waals surface area contributed by atoms with Crippen molar-refractivity contribution in [2.45, 2.75) is 31.1 Å². The molecule has 51 heavy (non-hydrogen) atoms. The van der Waals surface area contributed by atoms with Crippen LogP contribution in [-0.2, 0) is 10.2 Å². The summed E-state index contributed by atoms with van der Waals surface area (Å²) < 4.78 is 6.69. The van der Waals surface area contributed by atoms with Crippen molar-refractivity contribution in [3.05, 3.63) is 198 Å². The van der Waals surface area contributed by atoms with Gasteiger partial charge >= 0.3 is 0 Å². The lowest BCUT2D eigenvalue weighted by Crippen LogP contribution is -2.36. The summed E-state index contributed by atoms with van der Waals surface area (Å²) in [5.74, 6) is 2.17. The van der Waals surface area contributed by atoms with Gasteiger partial charge in [0.15, 0.2) is 0 Å². The Balaban J connectivity index is 1.16. The minimum atomic E-state index is -0.352. The van der Waals surface area contributed by atoms with Crippen molar-refractivity contribution in [3.8, 4) is 11.1 Å². The van der Waals surface area contributed by atoms with Crippen LogP contribution in [0.25, 0.3) is 43.4 Å². The van der Waals surface area contributed by atoms with Gasteiger partial charge in [0.25, 0.3) is 0 Å². The molecule has 11 rings (SSSR count). The monoisotopic (exact) mass is 653 g/mol. The fourth-order valence-electron chi connectivity index (χ4n) is 9.57. The zero-order chi connectivity index (χ0) is 33.5. The molecule has 0 aromatic heterocycles. The second kappa shape index (κ2) is 10.9. The molecular weight excluding hydrogens is 619 g/mol. The molecule has 0 bridgehead atoms. The van der Waals surface area contributed by atoms with Gasteiger partial charge in [0.2, 0.25) is 0 Å². The average Bonchev–Trinajstić information content (AvgIpc) is 3.49. The zero-order valence-electron chi connectivity index (χ0n) is 28.3. The molecular formula is C49H35NO. The highest BCUT2D eigenvalue weighted by Crippen LogP contribution is 2.62. The van der Waals surface area contributed by atoms with Crippen LogP contribution in [0.4, 0.5) is 17.1 Å². The highest BCUT2D eigenvalue weighted by atomic mass is 16.5. The molecule has 0 amide bonds. The molecule has 7 aromatic rings. The predicted molar refractivity (Wildman–Crippen MR) is 212 cm³/mol. The van der Waals surface area contributed by atoms with Gasteiger partial charge in [0.1, 0.15) is 11.5 Å². The van der Waals surface area contributed by atoms with Gasteiger partial charge in [-0.2, -0.15) is 0 Å². The fourth-order valence-corrected chi connectivity index (χ4v) is 9.57. The second-order valence-electron chi connectivity index (χ2n) is 14.2. The first-order valence-corrected chi connectivity index (χ1v) is 18.2. The van der Waals surface area contributed by atoms with Gasteiger partial charge < -0.3 is 9.64 Å². The molecule has 0 fully saturated rings. The number of rotatable bonds is 3. The number of ether oxygens (including phenoxy) is 1. The molecule has 3 aliphatic carbocycles. The number of anilines is 3. The number of hydrogen-bond acceptors (Lipinski definition) is 2. The maximum atomic E-state index is 6.69. The molecule has 242 valence electrons. The number of allylic oxidation sites excluding steroid dienone is 7. The molecule has 0 N–H and O–H groups in total. The molecule has 4 aliphatic rings. The van der Waals surface area contributed by atoms with Crippen molar-refractivity contribution in [2.24, 2.45) is 0 Å². The van der Waals surface area contributed by atoms with Crippen LogP contribution >= 0.6 is 0 Å². The van der Waals surface area contributed by atoms with Gasteiger partial charge in [-0.25, -0.2) is 0 Å². The Morgan fingerprint density at radius 1 is 0.471 bits per heavy atom. The molecule has 0 saturated heterocycles.